The van der Waals surface area contributed by atoms with Gasteiger partial charge in [-0.15, -0.1) is 0 Å². The molecule has 0 aliphatic heterocycles. The zero-order valence-electron chi connectivity index (χ0n) is 12.2. The molecule has 8 heteroatoms. The molecule has 2 rings (SSSR count). The van der Waals surface area contributed by atoms with Gasteiger partial charge in [-0.3, -0.25) is 9.59 Å². The van der Waals surface area contributed by atoms with E-state index in [9.17, 15) is 9.59 Å². The van der Waals surface area contributed by atoms with Gasteiger partial charge in [-0.05, 0) is 40.2 Å². The van der Waals surface area contributed by atoms with Gasteiger partial charge >= 0.3 is 0 Å². The molecule has 0 aliphatic rings. The van der Waals surface area contributed by atoms with Crippen LogP contribution < -0.4 is 10.7 Å². The van der Waals surface area contributed by atoms with Crippen LogP contribution in [0.25, 0.3) is 0 Å². The highest BCUT2D eigenvalue weighted by molar-refractivity contribution is 9.10. The van der Waals surface area contributed by atoms with Crippen LogP contribution in [0.15, 0.2) is 52.0 Å². The van der Waals surface area contributed by atoms with E-state index in [-0.39, 0.29) is 12.5 Å². The van der Waals surface area contributed by atoms with Crippen LogP contribution in [0.5, 0.6) is 0 Å². The topological polar surface area (TPSA) is 70.6 Å². The molecule has 0 heterocycles. The van der Waals surface area contributed by atoms with Gasteiger partial charge in [0.1, 0.15) is 0 Å². The molecule has 24 heavy (non-hydrogen) atoms. The van der Waals surface area contributed by atoms with E-state index < -0.39 is 5.91 Å². The summed E-state index contributed by atoms with van der Waals surface area (Å²) in [4.78, 5) is 23.6. The van der Waals surface area contributed by atoms with Crippen LogP contribution >= 0.6 is 39.1 Å². The second-order valence-electron chi connectivity index (χ2n) is 4.62. The summed E-state index contributed by atoms with van der Waals surface area (Å²) in [7, 11) is 0. The summed E-state index contributed by atoms with van der Waals surface area (Å²) in [5.74, 6) is -0.820. The lowest BCUT2D eigenvalue weighted by molar-refractivity contribution is -0.120. The second-order valence-corrected chi connectivity index (χ2v) is 6.32. The number of carbonyl (C=O) groups is 2. The molecule has 0 spiro atoms. The van der Waals surface area contributed by atoms with Crippen LogP contribution in [-0.2, 0) is 4.79 Å². The van der Waals surface area contributed by atoms with Gasteiger partial charge in [0.15, 0.2) is 0 Å². The lowest BCUT2D eigenvalue weighted by Crippen LogP contribution is -2.35. The van der Waals surface area contributed by atoms with Crippen molar-refractivity contribution in [3.05, 3.63) is 68.1 Å². The Morgan fingerprint density at radius 1 is 1.17 bits per heavy atom. The number of nitrogens with zero attached hydrogens (tertiary/aromatic N) is 1. The number of hydrogen-bond donors (Lipinski definition) is 2. The average Bonchev–Trinajstić information content (AvgIpc) is 2.55. The summed E-state index contributed by atoms with van der Waals surface area (Å²) in [5, 5.41) is 7.23. The van der Waals surface area contributed by atoms with Crippen LogP contribution in [0.3, 0.4) is 0 Å². The molecule has 2 aromatic rings. The summed E-state index contributed by atoms with van der Waals surface area (Å²) >= 11 is 15.0. The van der Waals surface area contributed by atoms with Crippen LogP contribution in [0.2, 0.25) is 10.0 Å². The third-order valence-corrected chi connectivity index (χ3v) is 4.14. The summed E-state index contributed by atoms with van der Waals surface area (Å²) in [6.07, 6.45) is 1.40. The molecular formula is C16H12BrCl2N3O2. The molecule has 2 N–H and O–H groups in total. The molecule has 0 saturated heterocycles. The summed E-state index contributed by atoms with van der Waals surface area (Å²) < 4.78 is 0.651. The predicted octanol–water partition coefficient (Wildman–Crippen LogP) is 3.64. The monoisotopic (exact) mass is 427 g/mol. The number of amides is 2. The molecule has 0 fully saturated rings. The van der Waals surface area contributed by atoms with Gasteiger partial charge in [0, 0.05) is 15.1 Å². The molecule has 0 bridgehead atoms. The second kappa shape index (κ2) is 8.82. The Morgan fingerprint density at radius 2 is 1.92 bits per heavy atom. The molecule has 124 valence electrons. The Labute approximate surface area is 157 Å². The Balaban J connectivity index is 1.84. The van der Waals surface area contributed by atoms with E-state index in [1.807, 2.05) is 0 Å². The van der Waals surface area contributed by atoms with Crippen molar-refractivity contribution in [3.63, 3.8) is 0 Å². The average molecular weight is 429 g/mol. The fourth-order valence-electron chi connectivity index (χ4n) is 1.72. The van der Waals surface area contributed by atoms with Gasteiger partial charge < -0.3 is 5.32 Å². The maximum absolute atomic E-state index is 12.0. The van der Waals surface area contributed by atoms with Crippen molar-refractivity contribution < 1.29 is 9.59 Å². The van der Waals surface area contributed by atoms with Crippen LogP contribution in [-0.4, -0.2) is 24.6 Å². The first-order valence-corrected chi connectivity index (χ1v) is 8.32. The third-order valence-electron chi connectivity index (χ3n) is 2.88. The summed E-state index contributed by atoms with van der Waals surface area (Å²) in [5.41, 5.74) is 3.36. The maximum Gasteiger partial charge on any atom is 0.259 e. The largest absolute Gasteiger partial charge is 0.343 e. The minimum atomic E-state index is -0.461. The molecule has 0 aromatic heterocycles. The number of hydrogen-bond acceptors (Lipinski definition) is 3. The Hall–Kier alpha value is -1.89. The number of hydrazone groups is 1. The van der Waals surface area contributed by atoms with Crippen molar-refractivity contribution in [2.75, 3.05) is 6.54 Å². The van der Waals surface area contributed by atoms with Crippen molar-refractivity contribution in [3.8, 4) is 0 Å². The zero-order valence-corrected chi connectivity index (χ0v) is 15.3. The molecular weight excluding hydrogens is 417 g/mol. The smallest absolute Gasteiger partial charge is 0.259 e. The van der Waals surface area contributed by atoms with E-state index in [1.165, 1.54) is 6.21 Å². The van der Waals surface area contributed by atoms with Crippen molar-refractivity contribution in [1.29, 1.82) is 0 Å². The summed E-state index contributed by atoms with van der Waals surface area (Å²) in [6.45, 7) is -0.203. The van der Waals surface area contributed by atoms with E-state index in [0.29, 0.717) is 25.6 Å². The lowest BCUT2D eigenvalue weighted by Gasteiger charge is -2.05. The number of nitrogens with one attached hydrogen (secondary N) is 2. The molecule has 2 amide bonds. The molecule has 0 atom stereocenters. The molecule has 2 aromatic carbocycles. The zero-order chi connectivity index (χ0) is 17.5. The minimum absolute atomic E-state index is 0.203. The molecule has 0 saturated carbocycles. The van der Waals surface area contributed by atoms with E-state index in [0.717, 1.165) is 0 Å². The first-order chi connectivity index (χ1) is 11.5. The third kappa shape index (κ3) is 5.33. The van der Waals surface area contributed by atoms with Gasteiger partial charge in [0.05, 0.1) is 23.3 Å². The summed E-state index contributed by atoms with van der Waals surface area (Å²) in [6, 6.07) is 11.8. The number of carbonyl (C=O) groups excluding carboxylic acids is 2. The van der Waals surface area contributed by atoms with Crippen LogP contribution in [0.1, 0.15) is 15.9 Å². The Kier molecular flexibility index (Phi) is 6.78. The van der Waals surface area contributed by atoms with E-state index in [4.69, 9.17) is 23.2 Å². The predicted molar refractivity (Wildman–Crippen MR) is 98.7 cm³/mol. The number of benzene rings is 2. The highest BCUT2D eigenvalue weighted by atomic mass is 79.9. The Bertz CT molecular complexity index is 797. The Morgan fingerprint density at radius 3 is 2.62 bits per heavy atom. The van der Waals surface area contributed by atoms with Gasteiger partial charge in [0.2, 0.25) is 0 Å². The van der Waals surface area contributed by atoms with Gasteiger partial charge in [0.25, 0.3) is 11.8 Å². The number of rotatable bonds is 5. The van der Waals surface area contributed by atoms with Crippen molar-refractivity contribution in [2.24, 2.45) is 5.10 Å². The maximum atomic E-state index is 12.0. The highest BCUT2D eigenvalue weighted by Crippen LogP contribution is 2.19. The lowest BCUT2D eigenvalue weighted by atomic mass is 10.2. The van der Waals surface area contributed by atoms with E-state index in [1.54, 1.807) is 42.5 Å². The highest BCUT2D eigenvalue weighted by Gasteiger charge is 2.10. The molecule has 0 radical (unpaired) electrons. The SMILES string of the molecule is O=C(CNC(=O)c1ccccc1Br)N/N=C/c1ccc(Cl)cc1Cl. The number of halogens is 3. The van der Waals surface area contributed by atoms with E-state index >= 15 is 0 Å². The van der Waals surface area contributed by atoms with Crippen molar-refractivity contribution >= 4 is 57.2 Å². The molecule has 0 aliphatic carbocycles. The van der Waals surface area contributed by atoms with Gasteiger partial charge in [-0.1, -0.05) is 41.4 Å². The quantitative estimate of drug-likeness (QED) is 0.563. The first-order valence-electron chi connectivity index (χ1n) is 6.77. The van der Waals surface area contributed by atoms with Crippen molar-refractivity contribution in [1.82, 2.24) is 10.7 Å². The van der Waals surface area contributed by atoms with Gasteiger partial charge in [-0.2, -0.15) is 5.10 Å². The van der Waals surface area contributed by atoms with Crippen LogP contribution in [0.4, 0.5) is 0 Å². The standard InChI is InChI=1S/C16H12BrCl2N3O2/c17-13-4-2-1-3-12(13)16(24)20-9-15(23)22-21-8-10-5-6-11(18)7-14(10)19/h1-8H,9H2,(H,20,24)(H,22,23)/b21-8+. The van der Waals surface area contributed by atoms with Gasteiger partial charge in [-0.25, -0.2) is 5.43 Å². The first kappa shape index (κ1) is 18.4. The minimum Gasteiger partial charge on any atom is -0.343 e. The van der Waals surface area contributed by atoms with E-state index in [2.05, 4.69) is 31.8 Å². The molecule has 5 nitrogen and oxygen atoms in total. The fourth-order valence-corrected chi connectivity index (χ4v) is 2.64. The van der Waals surface area contributed by atoms with Crippen LogP contribution in [0, 0.1) is 0 Å². The molecule has 0 unspecified atom stereocenters. The fraction of sp³-hybridized carbons (Fsp3) is 0.0625. The normalized spacial score (nSPS) is 10.6. The van der Waals surface area contributed by atoms with Crippen molar-refractivity contribution in [2.45, 2.75) is 0 Å².